The summed E-state index contributed by atoms with van der Waals surface area (Å²) in [6, 6.07) is 0.480. The zero-order valence-corrected chi connectivity index (χ0v) is 9.70. The molecule has 1 saturated heterocycles. The van der Waals surface area contributed by atoms with Crippen molar-refractivity contribution >= 4 is 5.91 Å². The first kappa shape index (κ1) is 12.5. The van der Waals surface area contributed by atoms with E-state index in [4.69, 9.17) is 0 Å². The second kappa shape index (κ2) is 6.08. The number of rotatable bonds is 5. The predicted molar refractivity (Wildman–Crippen MR) is 59.6 cm³/mol. The Morgan fingerprint density at radius 1 is 1.60 bits per heavy atom. The largest absolute Gasteiger partial charge is 0.391 e. The molecule has 1 heterocycles. The van der Waals surface area contributed by atoms with Crippen LogP contribution in [0.2, 0.25) is 0 Å². The molecule has 0 aromatic carbocycles. The normalized spacial score (nSPS) is 21.3. The molecular formula is C11H22N2O2. The number of β-amino-alcohol motifs (C(OH)–C–C–N with tert-alkyl or cyclic N) is 1. The van der Waals surface area contributed by atoms with Gasteiger partial charge in [0.1, 0.15) is 0 Å². The van der Waals surface area contributed by atoms with Crippen molar-refractivity contribution in [2.75, 3.05) is 19.6 Å². The van der Waals surface area contributed by atoms with Crippen LogP contribution in [0.3, 0.4) is 0 Å². The molecule has 1 aliphatic rings. The number of nitrogens with zero attached hydrogens (tertiary/aromatic N) is 1. The van der Waals surface area contributed by atoms with Crippen LogP contribution in [0.1, 0.15) is 33.1 Å². The van der Waals surface area contributed by atoms with E-state index in [-0.39, 0.29) is 12.0 Å². The topological polar surface area (TPSA) is 52.6 Å². The zero-order chi connectivity index (χ0) is 11.3. The highest BCUT2D eigenvalue weighted by molar-refractivity contribution is 5.76. The van der Waals surface area contributed by atoms with Gasteiger partial charge in [0, 0.05) is 25.6 Å². The minimum Gasteiger partial charge on any atom is -0.391 e. The van der Waals surface area contributed by atoms with Gasteiger partial charge < -0.3 is 15.3 Å². The Labute approximate surface area is 91.6 Å². The molecule has 0 radical (unpaired) electrons. The summed E-state index contributed by atoms with van der Waals surface area (Å²) >= 11 is 0. The molecule has 2 N–H and O–H groups in total. The van der Waals surface area contributed by atoms with Crippen molar-refractivity contribution in [3.8, 4) is 0 Å². The number of nitrogens with one attached hydrogen (secondary N) is 1. The van der Waals surface area contributed by atoms with Crippen LogP contribution in [0.15, 0.2) is 0 Å². The zero-order valence-electron chi connectivity index (χ0n) is 9.70. The Balaban J connectivity index is 2.08. The predicted octanol–water partition coefficient (Wildman–Crippen LogP) is 0.358. The maximum absolute atomic E-state index is 11.6. The van der Waals surface area contributed by atoms with Crippen molar-refractivity contribution in [3.63, 3.8) is 0 Å². The summed E-state index contributed by atoms with van der Waals surface area (Å²) in [6.07, 6.45) is 1.90. The molecule has 4 heteroatoms. The molecule has 88 valence electrons. The van der Waals surface area contributed by atoms with E-state index >= 15 is 0 Å². The van der Waals surface area contributed by atoms with Crippen LogP contribution in [0.25, 0.3) is 0 Å². The van der Waals surface area contributed by atoms with Crippen molar-refractivity contribution in [1.82, 2.24) is 10.2 Å². The van der Waals surface area contributed by atoms with Crippen molar-refractivity contribution in [2.24, 2.45) is 0 Å². The van der Waals surface area contributed by atoms with Crippen LogP contribution in [-0.4, -0.2) is 47.7 Å². The Kier molecular flexibility index (Phi) is 5.05. The maximum Gasteiger partial charge on any atom is 0.222 e. The van der Waals surface area contributed by atoms with E-state index in [1.165, 1.54) is 0 Å². The minimum atomic E-state index is -0.303. The molecule has 4 nitrogen and oxygen atoms in total. The number of hydrogen-bond acceptors (Lipinski definition) is 3. The molecule has 0 aliphatic carbocycles. The van der Waals surface area contributed by atoms with Crippen molar-refractivity contribution in [3.05, 3.63) is 0 Å². The average molecular weight is 214 g/mol. The highest BCUT2D eigenvalue weighted by atomic mass is 16.3. The third-order valence-electron chi connectivity index (χ3n) is 2.64. The number of carbonyl (C=O) groups is 1. The maximum atomic E-state index is 11.6. The number of aliphatic hydroxyl groups is 1. The second-order valence-electron chi connectivity index (χ2n) is 4.49. The molecule has 1 atom stereocenters. The Morgan fingerprint density at radius 3 is 2.87 bits per heavy atom. The van der Waals surface area contributed by atoms with Gasteiger partial charge in [0.05, 0.1) is 6.10 Å². The van der Waals surface area contributed by atoms with Gasteiger partial charge in [0.2, 0.25) is 5.91 Å². The fourth-order valence-corrected chi connectivity index (χ4v) is 1.76. The van der Waals surface area contributed by atoms with Gasteiger partial charge >= 0.3 is 0 Å². The molecule has 1 amide bonds. The third kappa shape index (κ3) is 4.62. The molecule has 1 rings (SSSR count). The third-order valence-corrected chi connectivity index (χ3v) is 2.64. The highest BCUT2D eigenvalue weighted by Crippen LogP contribution is 2.10. The molecule has 1 aliphatic heterocycles. The first-order valence-electron chi connectivity index (χ1n) is 5.79. The van der Waals surface area contributed by atoms with Gasteiger partial charge in [-0.25, -0.2) is 0 Å². The SMILES string of the molecule is CC(C)NCCCC(=O)N1CC[C@@H](O)C1. The lowest BCUT2D eigenvalue weighted by molar-refractivity contribution is -0.130. The first-order valence-corrected chi connectivity index (χ1v) is 5.79. The Hall–Kier alpha value is -0.610. The van der Waals surface area contributed by atoms with E-state index in [1.54, 1.807) is 4.90 Å². The summed E-state index contributed by atoms with van der Waals surface area (Å²) in [5.74, 6) is 0.178. The fourth-order valence-electron chi connectivity index (χ4n) is 1.76. The standard InChI is InChI=1S/C11H22N2O2/c1-9(2)12-6-3-4-11(15)13-7-5-10(14)8-13/h9-10,12,14H,3-8H2,1-2H3/t10-/m1/s1. The van der Waals surface area contributed by atoms with Crippen LogP contribution < -0.4 is 5.32 Å². The Morgan fingerprint density at radius 2 is 2.33 bits per heavy atom. The van der Waals surface area contributed by atoms with E-state index in [9.17, 15) is 9.90 Å². The number of aliphatic hydroxyl groups excluding tert-OH is 1. The summed E-state index contributed by atoms with van der Waals surface area (Å²) in [6.45, 7) is 6.32. The number of hydrogen-bond donors (Lipinski definition) is 2. The lowest BCUT2D eigenvalue weighted by Gasteiger charge is -2.15. The van der Waals surface area contributed by atoms with E-state index in [0.717, 1.165) is 25.9 Å². The van der Waals surface area contributed by atoms with Gasteiger partial charge in [0.15, 0.2) is 0 Å². The van der Waals surface area contributed by atoms with E-state index in [0.29, 0.717) is 19.0 Å². The van der Waals surface area contributed by atoms with Crippen LogP contribution in [0, 0.1) is 0 Å². The second-order valence-corrected chi connectivity index (χ2v) is 4.49. The van der Waals surface area contributed by atoms with Crippen LogP contribution in [-0.2, 0) is 4.79 Å². The minimum absolute atomic E-state index is 0.178. The van der Waals surface area contributed by atoms with Crippen LogP contribution in [0.5, 0.6) is 0 Å². The van der Waals surface area contributed by atoms with Crippen LogP contribution in [0.4, 0.5) is 0 Å². The summed E-state index contributed by atoms with van der Waals surface area (Å²) in [4.78, 5) is 13.4. The van der Waals surface area contributed by atoms with E-state index in [1.807, 2.05) is 0 Å². The van der Waals surface area contributed by atoms with Gasteiger partial charge in [-0.3, -0.25) is 4.79 Å². The molecular weight excluding hydrogens is 192 g/mol. The van der Waals surface area contributed by atoms with Gasteiger partial charge in [-0.1, -0.05) is 13.8 Å². The summed E-state index contributed by atoms with van der Waals surface area (Å²) in [5.41, 5.74) is 0. The van der Waals surface area contributed by atoms with Gasteiger partial charge in [0.25, 0.3) is 0 Å². The molecule has 0 bridgehead atoms. The molecule has 0 unspecified atom stereocenters. The Bertz CT molecular complexity index is 207. The van der Waals surface area contributed by atoms with Crippen LogP contribution >= 0.6 is 0 Å². The van der Waals surface area contributed by atoms with E-state index in [2.05, 4.69) is 19.2 Å². The quantitative estimate of drug-likeness (QED) is 0.650. The smallest absolute Gasteiger partial charge is 0.222 e. The first-order chi connectivity index (χ1) is 7.09. The molecule has 0 aromatic heterocycles. The highest BCUT2D eigenvalue weighted by Gasteiger charge is 2.23. The number of carbonyl (C=O) groups excluding carboxylic acids is 1. The van der Waals surface area contributed by atoms with Gasteiger partial charge in [-0.15, -0.1) is 0 Å². The molecule has 0 spiro atoms. The molecule has 0 saturated carbocycles. The lowest BCUT2D eigenvalue weighted by atomic mass is 10.2. The summed E-state index contributed by atoms with van der Waals surface area (Å²) in [5, 5.41) is 12.6. The van der Waals surface area contributed by atoms with Crippen molar-refractivity contribution < 1.29 is 9.90 Å². The average Bonchev–Trinajstić information content (AvgIpc) is 2.59. The van der Waals surface area contributed by atoms with Crippen molar-refractivity contribution in [2.45, 2.75) is 45.3 Å². The van der Waals surface area contributed by atoms with Gasteiger partial charge in [-0.2, -0.15) is 0 Å². The monoisotopic (exact) mass is 214 g/mol. The van der Waals surface area contributed by atoms with Crippen molar-refractivity contribution in [1.29, 1.82) is 0 Å². The lowest BCUT2D eigenvalue weighted by Crippen LogP contribution is -2.30. The summed E-state index contributed by atoms with van der Waals surface area (Å²) < 4.78 is 0. The number of likely N-dealkylation sites (tertiary alicyclic amines) is 1. The summed E-state index contributed by atoms with van der Waals surface area (Å²) in [7, 11) is 0. The molecule has 1 fully saturated rings. The van der Waals surface area contributed by atoms with Gasteiger partial charge in [-0.05, 0) is 19.4 Å². The molecule has 15 heavy (non-hydrogen) atoms. The fraction of sp³-hybridized carbons (Fsp3) is 0.909. The van der Waals surface area contributed by atoms with E-state index < -0.39 is 0 Å². The number of amides is 1. The molecule has 0 aromatic rings.